The Morgan fingerprint density at radius 2 is 2.04 bits per heavy atom. The Labute approximate surface area is 133 Å². The number of rotatable bonds is 3. The zero-order chi connectivity index (χ0) is 17.2. The van der Waals surface area contributed by atoms with Crippen LogP contribution in [0.25, 0.3) is 0 Å². The SMILES string of the molecule is CNC(=O)c1cnc(OC2CN(C(=O)OC(C)(C)C)C2)c(F)c1. The molecule has 0 radical (unpaired) electrons. The number of nitrogens with zero attached hydrogens (tertiary/aromatic N) is 2. The van der Waals surface area contributed by atoms with Crippen molar-refractivity contribution in [1.29, 1.82) is 0 Å². The highest BCUT2D eigenvalue weighted by Crippen LogP contribution is 2.21. The Morgan fingerprint density at radius 1 is 1.39 bits per heavy atom. The number of ether oxygens (including phenoxy) is 2. The molecule has 23 heavy (non-hydrogen) atoms. The quantitative estimate of drug-likeness (QED) is 0.912. The van der Waals surface area contributed by atoms with E-state index < -0.39 is 23.4 Å². The van der Waals surface area contributed by atoms with E-state index in [0.717, 1.165) is 6.07 Å². The van der Waals surface area contributed by atoms with Crippen molar-refractivity contribution in [1.82, 2.24) is 15.2 Å². The standard InChI is InChI=1S/C15H20FN3O4/c1-15(2,3)23-14(21)19-7-10(8-19)22-13-11(16)5-9(6-18-13)12(20)17-4/h5-6,10H,7-8H2,1-4H3,(H,17,20). The highest BCUT2D eigenvalue weighted by Gasteiger charge is 2.35. The maximum Gasteiger partial charge on any atom is 0.410 e. The van der Waals surface area contributed by atoms with E-state index in [4.69, 9.17) is 9.47 Å². The van der Waals surface area contributed by atoms with Gasteiger partial charge < -0.3 is 19.7 Å². The predicted molar refractivity (Wildman–Crippen MR) is 79.8 cm³/mol. The van der Waals surface area contributed by atoms with Gasteiger partial charge in [0, 0.05) is 13.2 Å². The molecule has 2 rings (SSSR count). The molecule has 2 heterocycles. The van der Waals surface area contributed by atoms with E-state index >= 15 is 0 Å². The summed E-state index contributed by atoms with van der Waals surface area (Å²) in [5, 5.41) is 2.38. The number of carbonyl (C=O) groups is 2. The lowest BCUT2D eigenvalue weighted by Gasteiger charge is -2.39. The van der Waals surface area contributed by atoms with Crippen LogP contribution in [0.5, 0.6) is 5.88 Å². The fourth-order valence-electron chi connectivity index (χ4n) is 1.93. The zero-order valence-electron chi connectivity index (χ0n) is 13.6. The Kier molecular flexibility index (Phi) is 4.72. The van der Waals surface area contributed by atoms with Crippen molar-refractivity contribution in [3.63, 3.8) is 0 Å². The predicted octanol–water partition coefficient (Wildman–Crippen LogP) is 1.58. The van der Waals surface area contributed by atoms with Crippen LogP contribution in [-0.4, -0.2) is 53.7 Å². The van der Waals surface area contributed by atoms with Crippen molar-refractivity contribution in [2.75, 3.05) is 20.1 Å². The second kappa shape index (κ2) is 6.39. The van der Waals surface area contributed by atoms with Gasteiger partial charge in [0.05, 0.1) is 18.7 Å². The fraction of sp³-hybridized carbons (Fsp3) is 0.533. The lowest BCUT2D eigenvalue weighted by atomic mass is 10.1. The average molecular weight is 325 g/mol. The summed E-state index contributed by atoms with van der Waals surface area (Å²) >= 11 is 0. The molecule has 1 aromatic rings. The van der Waals surface area contributed by atoms with Crippen LogP contribution in [0.4, 0.5) is 9.18 Å². The molecule has 0 atom stereocenters. The number of pyridine rings is 1. The summed E-state index contributed by atoms with van der Waals surface area (Å²) in [6.07, 6.45) is 0.456. The summed E-state index contributed by atoms with van der Waals surface area (Å²) in [4.78, 5) is 28.4. The lowest BCUT2D eigenvalue weighted by molar-refractivity contribution is -0.0241. The average Bonchev–Trinajstić information content (AvgIpc) is 2.40. The van der Waals surface area contributed by atoms with Gasteiger partial charge in [-0.15, -0.1) is 0 Å². The summed E-state index contributed by atoms with van der Waals surface area (Å²) in [6.45, 7) is 5.95. The van der Waals surface area contributed by atoms with Crippen LogP contribution in [0.3, 0.4) is 0 Å². The first-order chi connectivity index (χ1) is 10.7. The third-order valence-corrected chi connectivity index (χ3v) is 3.07. The first-order valence-corrected chi connectivity index (χ1v) is 7.22. The van der Waals surface area contributed by atoms with Gasteiger partial charge in [-0.2, -0.15) is 0 Å². The van der Waals surface area contributed by atoms with Crippen LogP contribution in [-0.2, 0) is 4.74 Å². The number of aromatic nitrogens is 1. The van der Waals surface area contributed by atoms with Crippen molar-refractivity contribution in [3.05, 3.63) is 23.6 Å². The van der Waals surface area contributed by atoms with Gasteiger partial charge in [0.1, 0.15) is 11.7 Å². The third kappa shape index (κ3) is 4.30. The Balaban J connectivity index is 1.88. The van der Waals surface area contributed by atoms with E-state index in [1.54, 1.807) is 20.8 Å². The molecule has 8 heteroatoms. The van der Waals surface area contributed by atoms with Gasteiger partial charge >= 0.3 is 6.09 Å². The molecule has 2 amide bonds. The van der Waals surface area contributed by atoms with E-state index in [9.17, 15) is 14.0 Å². The van der Waals surface area contributed by atoms with Gasteiger partial charge in [-0.25, -0.2) is 14.2 Å². The highest BCUT2D eigenvalue weighted by atomic mass is 19.1. The number of hydrogen-bond acceptors (Lipinski definition) is 5. The molecule has 0 spiro atoms. The van der Waals surface area contributed by atoms with Crippen molar-refractivity contribution in [2.24, 2.45) is 0 Å². The Hall–Kier alpha value is -2.38. The smallest absolute Gasteiger partial charge is 0.410 e. The molecule has 0 unspecified atom stereocenters. The summed E-state index contributed by atoms with van der Waals surface area (Å²) in [5.41, 5.74) is -0.451. The van der Waals surface area contributed by atoms with Crippen LogP contribution in [0.1, 0.15) is 31.1 Å². The van der Waals surface area contributed by atoms with Gasteiger partial charge in [0.25, 0.3) is 11.8 Å². The number of hydrogen-bond donors (Lipinski definition) is 1. The fourth-order valence-corrected chi connectivity index (χ4v) is 1.93. The van der Waals surface area contributed by atoms with Gasteiger partial charge in [-0.3, -0.25) is 4.79 Å². The molecular formula is C15H20FN3O4. The molecule has 1 aliphatic heterocycles. The molecule has 1 saturated heterocycles. The van der Waals surface area contributed by atoms with Crippen LogP contribution in [0.2, 0.25) is 0 Å². The van der Waals surface area contributed by atoms with Crippen LogP contribution in [0, 0.1) is 5.82 Å². The minimum Gasteiger partial charge on any atom is -0.468 e. The van der Waals surface area contributed by atoms with Crippen LogP contribution < -0.4 is 10.1 Å². The summed E-state index contributed by atoms with van der Waals surface area (Å²) in [7, 11) is 1.45. The van der Waals surface area contributed by atoms with Crippen molar-refractivity contribution in [3.8, 4) is 5.88 Å². The summed E-state index contributed by atoms with van der Waals surface area (Å²) < 4.78 is 24.5. The molecule has 0 bridgehead atoms. The van der Waals surface area contributed by atoms with Gasteiger partial charge in [0.2, 0.25) is 0 Å². The van der Waals surface area contributed by atoms with E-state index in [0.29, 0.717) is 13.1 Å². The molecule has 0 saturated carbocycles. The number of likely N-dealkylation sites (tertiary alicyclic amines) is 1. The number of amides is 2. The molecule has 1 fully saturated rings. The first kappa shape index (κ1) is 17.0. The monoisotopic (exact) mass is 325 g/mol. The van der Waals surface area contributed by atoms with Crippen molar-refractivity contribution >= 4 is 12.0 Å². The number of nitrogens with one attached hydrogen (secondary N) is 1. The second-order valence-corrected chi connectivity index (χ2v) is 6.22. The molecule has 1 aromatic heterocycles. The number of carbonyl (C=O) groups excluding carboxylic acids is 2. The van der Waals surface area contributed by atoms with E-state index in [1.165, 1.54) is 18.1 Å². The molecule has 0 aromatic carbocycles. The minimum absolute atomic E-state index is 0.112. The highest BCUT2D eigenvalue weighted by molar-refractivity contribution is 5.93. The Morgan fingerprint density at radius 3 is 2.57 bits per heavy atom. The minimum atomic E-state index is -0.721. The van der Waals surface area contributed by atoms with E-state index in [2.05, 4.69) is 10.3 Å². The van der Waals surface area contributed by atoms with E-state index in [1.807, 2.05) is 0 Å². The topological polar surface area (TPSA) is 80.8 Å². The molecule has 0 aliphatic carbocycles. The summed E-state index contributed by atoms with van der Waals surface area (Å²) in [5.74, 6) is -1.34. The summed E-state index contributed by atoms with van der Waals surface area (Å²) in [6, 6.07) is 1.06. The molecular weight excluding hydrogens is 305 g/mol. The van der Waals surface area contributed by atoms with E-state index in [-0.39, 0.29) is 17.5 Å². The van der Waals surface area contributed by atoms with Gasteiger partial charge in [-0.05, 0) is 26.8 Å². The molecule has 126 valence electrons. The second-order valence-electron chi connectivity index (χ2n) is 6.22. The number of halogens is 1. The maximum absolute atomic E-state index is 13.9. The third-order valence-electron chi connectivity index (χ3n) is 3.07. The van der Waals surface area contributed by atoms with Gasteiger partial charge in [-0.1, -0.05) is 0 Å². The Bertz CT molecular complexity index is 609. The molecule has 1 N–H and O–H groups in total. The molecule has 1 aliphatic rings. The normalized spacial score (nSPS) is 14.9. The van der Waals surface area contributed by atoms with Crippen LogP contribution >= 0.6 is 0 Å². The van der Waals surface area contributed by atoms with Crippen molar-refractivity contribution in [2.45, 2.75) is 32.5 Å². The molecule has 7 nitrogen and oxygen atoms in total. The maximum atomic E-state index is 13.9. The largest absolute Gasteiger partial charge is 0.468 e. The van der Waals surface area contributed by atoms with Crippen molar-refractivity contribution < 1.29 is 23.5 Å². The van der Waals surface area contributed by atoms with Gasteiger partial charge in [0.15, 0.2) is 5.82 Å². The first-order valence-electron chi connectivity index (χ1n) is 7.22. The van der Waals surface area contributed by atoms with Crippen LogP contribution in [0.15, 0.2) is 12.3 Å². The zero-order valence-corrected chi connectivity index (χ0v) is 13.6. The lowest BCUT2D eigenvalue weighted by Crippen LogP contribution is -2.57.